The minimum absolute atomic E-state index is 0.716. The first-order chi connectivity index (χ1) is 6.45. The Kier molecular flexibility index (Phi) is 1.63. The fourth-order valence-electron chi connectivity index (χ4n) is 1.73. The second kappa shape index (κ2) is 2.82. The highest BCUT2D eigenvalue weighted by Gasteiger charge is 2.14. The number of hydrogen-bond acceptors (Lipinski definition) is 3. The van der Waals surface area contributed by atoms with Crippen LogP contribution in [-0.4, -0.2) is 16.4 Å². The van der Waals surface area contributed by atoms with E-state index in [1.165, 1.54) is 11.1 Å². The zero-order valence-corrected chi connectivity index (χ0v) is 8.01. The second-order valence-electron chi connectivity index (χ2n) is 3.22. The Morgan fingerprint density at radius 2 is 2.54 bits per heavy atom. The van der Waals surface area contributed by atoms with Gasteiger partial charge in [0.15, 0.2) is 0 Å². The Hall–Kier alpha value is -0.870. The SMILES string of the molecule is c1cc2c3n(nc2s1)CCCOC3. The van der Waals surface area contributed by atoms with Crippen molar-refractivity contribution < 1.29 is 4.74 Å². The summed E-state index contributed by atoms with van der Waals surface area (Å²) in [5.74, 6) is 0. The Morgan fingerprint density at radius 1 is 1.54 bits per heavy atom. The average molecular weight is 194 g/mol. The molecule has 0 spiro atoms. The molecule has 0 aromatic carbocycles. The van der Waals surface area contributed by atoms with Crippen LogP contribution in [-0.2, 0) is 17.9 Å². The number of fused-ring (bicyclic) bond motifs is 3. The van der Waals surface area contributed by atoms with E-state index in [4.69, 9.17) is 4.74 Å². The van der Waals surface area contributed by atoms with Gasteiger partial charge in [0.1, 0.15) is 4.83 Å². The van der Waals surface area contributed by atoms with Crippen LogP contribution in [0.3, 0.4) is 0 Å². The van der Waals surface area contributed by atoms with Crippen LogP contribution in [0.1, 0.15) is 12.1 Å². The van der Waals surface area contributed by atoms with E-state index in [9.17, 15) is 0 Å². The van der Waals surface area contributed by atoms with Crippen molar-refractivity contribution in [2.24, 2.45) is 0 Å². The van der Waals surface area contributed by atoms with E-state index in [1.54, 1.807) is 11.3 Å². The normalized spacial score (nSPS) is 17.2. The van der Waals surface area contributed by atoms with Crippen molar-refractivity contribution >= 4 is 21.6 Å². The Bertz CT molecular complexity index is 432. The van der Waals surface area contributed by atoms with Gasteiger partial charge < -0.3 is 4.74 Å². The van der Waals surface area contributed by atoms with Gasteiger partial charge in [-0.2, -0.15) is 5.10 Å². The first-order valence-corrected chi connectivity index (χ1v) is 5.34. The third-order valence-corrected chi connectivity index (χ3v) is 3.17. The number of aromatic nitrogens is 2. The van der Waals surface area contributed by atoms with Crippen LogP contribution in [0, 0.1) is 0 Å². The van der Waals surface area contributed by atoms with E-state index < -0.39 is 0 Å². The van der Waals surface area contributed by atoms with Gasteiger partial charge >= 0.3 is 0 Å². The number of thiophene rings is 1. The smallest absolute Gasteiger partial charge is 0.145 e. The van der Waals surface area contributed by atoms with Gasteiger partial charge in [-0.3, -0.25) is 4.68 Å². The summed E-state index contributed by atoms with van der Waals surface area (Å²) in [4.78, 5) is 1.14. The molecule has 0 saturated heterocycles. The molecule has 0 N–H and O–H groups in total. The molecule has 0 atom stereocenters. The molecule has 1 aliphatic heterocycles. The molecule has 0 aliphatic carbocycles. The summed E-state index contributed by atoms with van der Waals surface area (Å²) in [6, 6.07) is 2.13. The summed E-state index contributed by atoms with van der Waals surface area (Å²) in [5, 5.41) is 7.89. The van der Waals surface area contributed by atoms with Crippen molar-refractivity contribution in [3.8, 4) is 0 Å². The fraction of sp³-hybridized carbons (Fsp3) is 0.444. The predicted octanol–water partition coefficient (Wildman–Crippen LogP) is 2.02. The van der Waals surface area contributed by atoms with E-state index >= 15 is 0 Å². The highest BCUT2D eigenvalue weighted by molar-refractivity contribution is 7.16. The number of rotatable bonds is 0. The van der Waals surface area contributed by atoms with Crippen molar-refractivity contribution in [2.75, 3.05) is 6.61 Å². The van der Waals surface area contributed by atoms with E-state index in [-0.39, 0.29) is 0 Å². The zero-order valence-electron chi connectivity index (χ0n) is 7.19. The molecule has 0 fully saturated rings. The molecule has 68 valence electrons. The van der Waals surface area contributed by atoms with E-state index in [1.807, 2.05) is 0 Å². The maximum absolute atomic E-state index is 5.50. The van der Waals surface area contributed by atoms with Gasteiger partial charge in [0.2, 0.25) is 0 Å². The van der Waals surface area contributed by atoms with Crippen LogP contribution in [0.4, 0.5) is 0 Å². The summed E-state index contributed by atoms with van der Waals surface area (Å²) in [6.07, 6.45) is 1.07. The maximum Gasteiger partial charge on any atom is 0.145 e. The summed E-state index contributed by atoms with van der Waals surface area (Å²) in [5.41, 5.74) is 1.24. The highest BCUT2D eigenvalue weighted by atomic mass is 32.1. The van der Waals surface area contributed by atoms with Gasteiger partial charge in [0.05, 0.1) is 12.3 Å². The number of nitrogens with zero attached hydrogens (tertiary/aromatic N) is 2. The van der Waals surface area contributed by atoms with Crippen LogP contribution in [0.15, 0.2) is 11.4 Å². The molecule has 2 aromatic heterocycles. The average Bonchev–Trinajstić information content (AvgIpc) is 2.61. The van der Waals surface area contributed by atoms with Crippen LogP contribution >= 0.6 is 11.3 Å². The zero-order chi connectivity index (χ0) is 8.67. The predicted molar refractivity (Wildman–Crippen MR) is 51.9 cm³/mol. The van der Waals surface area contributed by atoms with Gasteiger partial charge in [-0.05, 0) is 17.9 Å². The first kappa shape index (κ1) is 7.53. The standard InChI is InChI=1S/C9H10N2OS/c1-3-11-8(6-12-4-1)7-2-5-13-9(7)10-11/h2,5H,1,3-4,6H2. The molecule has 0 amide bonds. The maximum atomic E-state index is 5.50. The van der Waals surface area contributed by atoms with Gasteiger partial charge in [-0.15, -0.1) is 11.3 Å². The van der Waals surface area contributed by atoms with E-state index in [2.05, 4.69) is 21.2 Å². The van der Waals surface area contributed by atoms with E-state index in [0.29, 0.717) is 6.61 Å². The third-order valence-electron chi connectivity index (χ3n) is 2.38. The van der Waals surface area contributed by atoms with Crippen molar-refractivity contribution in [1.82, 2.24) is 9.78 Å². The van der Waals surface area contributed by atoms with Crippen molar-refractivity contribution in [1.29, 1.82) is 0 Å². The topological polar surface area (TPSA) is 27.1 Å². The van der Waals surface area contributed by atoms with Crippen LogP contribution in [0.25, 0.3) is 10.2 Å². The lowest BCUT2D eigenvalue weighted by atomic mass is 10.3. The molecule has 2 aromatic rings. The number of aryl methyl sites for hydroxylation is 1. The van der Waals surface area contributed by atoms with E-state index in [0.717, 1.165) is 24.4 Å². The first-order valence-electron chi connectivity index (χ1n) is 4.46. The van der Waals surface area contributed by atoms with Crippen LogP contribution in [0.2, 0.25) is 0 Å². The van der Waals surface area contributed by atoms with Gasteiger partial charge in [-0.25, -0.2) is 0 Å². The van der Waals surface area contributed by atoms with Crippen molar-refractivity contribution in [3.63, 3.8) is 0 Å². The highest BCUT2D eigenvalue weighted by Crippen LogP contribution is 2.25. The summed E-state index contributed by atoms with van der Waals surface area (Å²) in [7, 11) is 0. The lowest BCUT2D eigenvalue weighted by Crippen LogP contribution is -2.01. The monoisotopic (exact) mass is 194 g/mol. The minimum atomic E-state index is 0.716. The molecular formula is C9H10N2OS. The van der Waals surface area contributed by atoms with Crippen molar-refractivity contribution in [3.05, 3.63) is 17.1 Å². The lowest BCUT2D eigenvalue weighted by Gasteiger charge is -1.99. The molecule has 0 saturated carbocycles. The molecule has 3 heterocycles. The van der Waals surface area contributed by atoms with Crippen LogP contribution < -0.4 is 0 Å². The number of ether oxygens (including phenoxy) is 1. The summed E-state index contributed by atoms with van der Waals surface area (Å²) >= 11 is 1.70. The quantitative estimate of drug-likeness (QED) is 0.641. The van der Waals surface area contributed by atoms with Gasteiger partial charge in [0, 0.05) is 18.5 Å². The number of hydrogen-bond donors (Lipinski definition) is 0. The Labute approximate surface area is 79.9 Å². The largest absolute Gasteiger partial charge is 0.375 e. The Balaban J connectivity index is 2.22. The Morgan fingerprint density at radius 3 is 3.54 bits per heavy atom. The van der Waals surface area contributed by atoms with Crippen molar-refractivity contribution in [2.45, 2.75) is 19.6 Å². The molecule has 3 rings (SSSR count). The lowest BCUT2D eigenvalue weighted by molar-refractivity contribution is 0.125. The van der Waals surface area contributed by atoms with Crippen LogP contribution in [0.5, 0.6) is 0 Å². The molecule has 0 unspecified atom stereocenters. The molecule has 13 heavy (non-hydrogen) atoms. The molecule has 0 bridgehead atoms. The minimum Gasteiger partial charge on any atom is -0.375 e. The second-order valence-corrected chi connectivity index (χ2v) is 4.11. The molecule has 0 radical (unpaired) electrons. The molecule has 4 heteroatoms. The third kappa shape index (κ3) is 1.09. The summed E-state index contributed by atoms with van der Waals surface area (Å²) < 4.78 is 7.59. The molecule has 3 nitrogen and oxygen atoms in total. The summed E-state index contributed by atoms with van der Waals surface area (Å²) in [6.45, 7) is 2.57. The van der Waals surface area contributed by atoms with Gasteiger partial charge in [0.25, 0.3) is 0 Å². The molecule has 1 aliphatic rings. The van der Waals surface area contributed by atoms with Gasteiger partial charge in [-0.1, -0.05) is 0 Å². The molecular weight excluding hydrogens is 184 g/mol. The fourth-order valence-corrected chi connectivity index (χ4v) is 2.52.